The topological polar surface area (TPSA) is 38.3 Å². The van der Waals surface area contributed by atoms with E-state index in [1.807, 2.05) is 11.8 Å². The van der Waals surface area contributed by atoms with Crippen LogP contribution in [0.5, 0.6) is 0 Å². The van der Waals surface area contributed by atoms with E-state index in [1.54, 1.807) is 18.2 Å². The van der Waals surface area contributed by atoms with Crippen LogP contribution >= 0.6 is 23.4 Å². The Morgan fingerprint density at radius 3 is 3.11 bits per heavy atom. The van der Waals surface area contributed by atoms with Crippen molar-refractivity contribution in [3.05, 3.63) is 28.8 Å². The molecule has 1 fully saturated rings. The molecule has 5 heteroatoms. The Morgan fingerprint density at radius 2 is 2.44 bits per heavy atom. The van der Waals surface area contributed by atoms with Gasteiger partial charge in [-0.3, -0.25) is 0 Å². The number of rotatable bonds is 4. The lowest BCUT2D eigenvalue weighted by molar-refractivity contribution is 0.0601. The molecule has 18 heavy (non-hydrogen) atoms. The molecular formula is C13H16ClNO2S. The van der Waals surface area contributed by atoms with E-state index in [9.17, 15) is 4.79 Å². The summed E-state index contributed by atoms with van der Waals surface area (Å²) in [4.78, 5) is 11.4. The minimum atomic E-state index is -0.342. The van der Waals surface area contributed by atoms with Crippen LogP contribution in [0.25, 0.3) is 0 Å². The molecule has 0 spiro atoms. The van der Waals surface area contributed by atoms with Crippen LogP contribution < -0.4 is 5.32 Å². The molecule has 3 nitrogen and oxygen atoms in total. The first-order valence-electron chi connectivity index (χ1n) is 5.90. The highest BCUT2D eigenvalue weighted by molar-refractivity contribution is 7.99. The van der Waals surface area contributed by atoms with Crippen LogP contribution in [0.1, 0.15) is 16.8 Å². The van der Waals surface area contributed by atoms with Gasteiger partial charge in [-0.2, -0.15) is 11.8 Å². The molecule has 1 aliphatic heterocycles. The number of esters is 1. The highest BCUT2D eigenvalue weighted by Crippen LogP contribution is 2.27. The van der Waals surface area contributed by atoms with Crippen molar-refractivity contribution in [1.82, 2.24) is 0 Å². The van der Waals surface area contributed by atoms with Crippen molar-refractivity contribution in [2.24, 2.45) is 5.92 Å². The molecule has 0 saturated carbocycles. The number of anilines is 1. The fraction of sp³-hybridized carbons (Fsp3) is 0.462. The van der Waals surface area contributed by atoms with E-state index in [0.717, 1.165) is 12.2 Å². The molecule has 0 aromatic heterocycles. The molecule has 1 N–H and O–H groups in total. The van der Waals surface area contributed by atoms with E-state index in [4.69, 9.17) is 16.3 Å². The number of ether oxygens (including phenoxy) is 1. The number of hydrogen-bond acceptors (Lipinski definition) is 4. The fourth-order valence-corrected chi connectivity index (χ4v) is 3.37. The second-order valence-corrected chi connectivity index (χ2v) is 5.85. The van der Waals surface area contributed by atoms with Gasteiger partial charge in [0.2, 0.25) is 0 Å². The van der Waals surface area contributed by atoms with Gasteiger partial charge in [-0.1, -0.05) is 11.6 Å². The monoisotopic (exact) mass is 285 g/mol. The molecule has 1 unspecified atom stereocenters. The maximum Gasteiger partial charge on any atom is 0.337 e. The fourth-order valence-electron chi connectivity index (χ4n) is 1.90. The highest BCUT2D eigenvalue weighted by atomic mass is 35.5. The van der Waals surface area contributed by atoms with Crippen molar-refractivity contribution in [2.75, 3.05) is 30.5 Å². The molecule has 1 heterocycles. The molecule has 1 aromatic carbocycles. The van der Waals surface area contributed by atoms with E-state index in [0.29, 0.717) is 16.5 Å². The van der Waals surface area contributed by atoms with Gasteiger partial charge in [0.05, 0.1) is 23.4 Å². The van der Waals surface area contributed by atoms with Gasteiger partial charge in [0, 0.05) is 6.54 Å². The Bertz CT molecular complexity index is 433. The van der Waals surface area contributed by atoms with Crippen LogP contribution in [-0.2, 0) is 4.74 Å². The van der Waals surface area contributed by atoms with Gasteiger partial charge in [-0.25, -0.2) is 4.79 Å². The summed E-state index contributed by atoms with van der Waals surface area (Å²) in [5.41, 5.74) is 1.32. The zero-order valence-electron chi connectivity index (χ0n) is 10.2. The third-order valence-corrected chi connectivity index (χ3v) is 4.55. The minimum Gasteiger partial charge on any atom is -0.465 e. The molecule has 1 aliphatic rings. The Balaban J connectivity index is 2.03. The summed E-state index contributed by atoms with van der Waals surface area (Å²) < 4.78 is 4.70. The summed E-state index contributed by atoms with van der Waals surface area (Å²) in [7, 11) is 1.37. The number of thioether (sulfide) groups is 1. The number of halogens is 1. The SMILES string of the molecule is COC(=O)c1ccc(Cl)c(NCC2CCSC2)c1. The van der Waals surface area contributed by atoms with Gasteiger partial charge in [-0.15, -0.1) is 0 Å². The second-order valence-electron chi connectivity index (χ2n) is 4.30. The number of hydrogen-bond donors (Lipinski definition) is 1. The molecular weight excluding hydrogens is 270 g/mol. The van der Waals surface area contributed by atoms with E-state index in [2.05, 4.69) is 5.32 Å². The Labute approximate surface area is 116 Å². The van der Waals surface area contributed by atoms with Crippen LogP contribution in [0.4, 0.5) is 5.69 Å². The Kier molecular flexibility index (Phi) is 4.78. The summed E-state index contributed by atoms with van der Waals surface area (Å²) in [5.74, 6) is 2.78. The molecule has 0 bridgehead atoms. The van der Waals surface area contributed by atoms with Crippen LogP contribution in [0, 0.1) is 5.92 Å². The van der Waals surface area contributed by atoms with Gasteiger partial charge >= 0.3 is 5.97 Å². The summed E-state index contributed by atoms with van der Waals surface area (Å²) in [5, 5.41) is 3.95. The van der Waals surface area contributed by atoms with Gasteiger partial charge in [0.25, 0.3) is 0 Å². The summed E-state index contributed by atoms with van der Waals surface area (Å²) in [6.07, 6.45) is 1.24. The molecule has 2 rings (SSSR count). The number of nitrogens with one attached hydrogen (secondary N) is 1. The van der Waals surface area contributed by atoms with E-state index < -0.39 is 0 Å². The first-order chi connectivity index (χ1) is 8.70. The lowest BCUT2D eigenvalue weighted by Crippen LogP contribution is -2.14. The number of carbonyl (C=O) groups excluding carboxylic acids is 1. The summed E-state index contributed by atoms with van der Waals surface area (Å²) in [6, 6.07) is 5.14. The number of carbonyl (C=O) groups is 1. The molecule has 0 amide bonds. The largest absolute Gasteiger partial charge is 0.465 e. The van der Waals surface area contributed by atoms with Gasteiger partial charge in [0.15, 0.2) is 0 Å². The summed E-state index contributed by atoms with van der Waals surface area (Å²) in [6.45, 7) is 0.900. The molecule has 1 saturated heterocycles. The van der Waals surface area contributed by atoms with Crippen molar-refractivity contribution in [3.63, 3.8) is 0 Å². The predicted octanol–water partition coefficient (Wildman–Crippen LogP) is 3.29. The molecule has 98 valence electrons. The lowest BCUT2D eigenvalue weighted by Gasteiger charge is -2.13. The lowest BCUT2D eigenvalue weighted by atomic mass is 10.1. The molecule has 1 atom stereocenters. The van der Waals surface area contributed by atoms with Crippen LogP contribution in [0.2, 0.25) is 5.02 Å². The Morgan fingerprint density at radius 1 is 1.61 bits per heavy atom. The average molecular weight is 286 g/mol. The van der Waals surface area contributed by atoms with Crippen LogP contribution in [-0.4, -0.2) is 31.1 Å². The standard InChI is InChI=1S/C13H16ClNO2S/c1-17-13(16)10-2-3-11(14)12(6-10)15-7-9-4-5-18-8-9/h2-3,6,9,15H,4-5,7-8H2,1H3. The van der Waals surface area contributed by atoms with Crippen molar-refractivity contribution >= 4 is 35.0 Å². The smallest absolute Gasteiger partial charge is 0.337 e. The molecule has 0 aliphatic carbocycles. The van der Waals surface area contributed by atoms with Crippen LogP contribution in [0.3, 0.4) is 0 Å². The maximum absolute atomic E-state index is 11.4. The number of benzene rings is 1. The minimum absolute atomic E-state index is 0.342. The van der Waals surface area contributed by atoms with Crippen molar-refractivity contribution < 1.29 is 9.53 Å². The van der Waals surface area contributed by atoms with Crippen molar-refractivity contribution in [3.8, 4) is 0 Å². The van der Waals surface area contributed by atoms with Gasteiger partial charge in [-0.05, 0) is 42.0 Å². The molecule has 1 aromatic rings. The predicted molar refractivity (Wildman–Crippen MR) is 76.7 cm³/mol. The van der Waals surface area contributed by atoms with Crippen LogP contribution in [0.15, 0.2) is 18.2 Å². The highest BCUT2D eigenvalue weighted by Gasteiger charge is 2.16. The van der Waals surface area contributed by atoms with Crippen molar-refractivity contribution in [1.29, 1.82) is 0 Å². The quantitative estimate of drug-likeness (QED) is 0.862. The Hall–Kier alpha value is -0.870. The second kappa shape index (κ2) is 6.34. The number of methoxy groups -OCH3 is 1. The zero-order valence-corrected chi connectivity index (χ0v) is 11.8. The third-order valence-electron chi connectivity index (χ3n) is 2.99. The first kappa shape index (κ1) is 13.6. The molecule has 0 radical (unpaired) electrons. The first-order valence-corrected chi connectivity index (χ1v) is 7.43. The van der Waals surface area contributed by atoms with E-state index in [1.165, 1.54) is 25.0 Å². The maximum atomic E-state index is 11.4. The van der Waals surface area contributed by atoms with E-state index >= 15 is 0 Å². The summed E-state index contributed by atoms with van der Waals surface area (Å²) >= 11 is 8.10. The van der Waals surface area contributed by atoms with Gasteiger partial charge in [0.1, 0.15) is 0 Å². The third kappa shape index (κ3) is 3.33. The van der Waals surface area contributed by atoms with Gasteiger partial charge < -0.3 is 10.1 Å². The normalized spacial score (nSPS) is 18.7. The zero-order chi connectivity index (χ0) is 13.0. The van der Waals surface area contributed by atoms with E-state index in [-0.39, 0.29) is 5.97 Å². The average Bonchev–Trinajstić information content (AvgIpc) is 2.90. The van der Waals surface area contributed by atoms with Crippen molar-refractivity contribution in [2.45, 2.75) is 6.42 Å².